The first-order valence-electron chi connectivity index (χ1n) is 34.8. The number of fused-ring (bicyclic) bond motifs is 18. The standard InChI is InChI=1S/C92H87N3S/c1-87(2,3)59-36-53(37-60(49-59)88(4,5)6)56-43-69(52-32-34-77-70(42-52)66-28-22-24-30-76(66)93(77)65-26-20-19-21-27-65)82-72(45-56)73-46-58(55-40-63(91(13,14)15)51-64(41-55)92(16,17)18)48-75-81-78(94(82)83(73)75)35-33-67-71-44-57(54-38-61(89(7,8)9)50-62(39-54)90(10,11)12)47-74-80-68-29-23-25-31-79(68)96-86(80)95(84(71)74)85(67)81/h19-51H,1-18H3. The lowest BCUT2D eigenvalue weighted by molar-refractivity contribution is 0.568. The highest BCUT2D eigenvalue weighted by Crippen LogP contribution is 2.54. The summed E-state index contributed by atoms with van der Waals surface area (Å²) in [5.74, 6) is 0. The zero-order chi connectivity index (χ0) is 67.0. The fourth-order valence-electron chi connectivity index (χ4n) is 15.9. The van der Waals surface area contributed by atoms with E-state index in [4.69, 9.17) is 0 Å². The van der Waals surface area contributed by atoms with Gasteiger partial charge in [-0.15, -0.1) is 11.3 Å². The van der Waals surface area contributed by atoms with Crippen LogP contribution in [-0.4, -0.2) is 13.4 Å². The minimum Gasteiger partial charge on any atom is -0.309 e. The fraction of sp³-hybridized carbons (Fsp3) is 0.261. The van der Waals surface area contributed by atoms with Gasteiger partial charge in [-0.3, -0.25) is 4.40 Å². The van der Waals surface area contributed by atoms with Gasteiger partial charge in [-0.2, -0.15) is 0 Å². The molecular formula is C92H87N3S. The summed E-state index contributed by atoms with van der Waals surface area (Å²) in [6.45, 7) is 42.5. The van der Waals surface area contributed by atoms with Crippen LogP contribution in [0.5, 0.6) is 0 Å². The highest BCUT2D eigenvalue weighted by Gasteiger charge is 2.32. The van der Waals surface area contributed by atoms with Crippen LogP contribution in [0.3, 0.4) is 0 Å². The molecule has 0 amide bonds. The van der Waals surface area contributed by atoms with E-state index in [-0.39, 0.29) is 32.5 Å². The number of benzene rings is 11. The number of nitrogens with zero attached hydrogens (tertiary/aromatic N) is 3. The van der Waals surface area contributed by atoms with Gasteiger partial charge in [0.2, 0.25) is 0 Å². The summed E-state index contributed by atoms with van der Waals surface area (Å²) in [5, 5.41) is 14.2. The van der Waals surface area contributed by atoms with Crippen molar-refractivity contribution >= 4 is 119 Å². The Kier molecular flexibility index (Phi) is 12.7. The van der Waals surface area contributed by atoms with Crippen molar-refractivity contribution in [1.29, 1.82) is 0 Å². The van der Waals surface area contributed by atoms with Crippen molar-refractivity contribution in [2.24, 2.45) is 0 Å². The van der Waals surface area contributed by atoms with Crippen molar-refractivity contribution in [2.75, 3.05) is 0 Å². The highest BCUT2D eigenvalue weighted by molar-refractivity contribution is 7.25. The summed E-state index contributed by atoms with van der Waals surface area (Å²) >= 11 is 1.94. The lowest BCUT2D eigenvalue weighted by Gasteiger charge is -2.26. The van der Waals surface area contributed by atoms with E-state index in [1.807, 2.05) is 11.3 Å². The molecule has 3 nitrogen and oxygen atoms in total. The molecule has 0 saturated heterocycles. The van der Waals surface area contributed by atoms with Crippen LogP contribution in [0.2, 0.25) is 0 Å². The SMILES string of the molecule is CC(C)(C)c1cc(-c2cc(-c3ccc4c(c3)c3ccccc3n4-c3ccccc3)c3c(c2)c2cc(-c4cc(C(C)(C)C)cc(C(C)(C)C)c4)cc4c5c(ccc6c7cc(-c8cc(C(C)(C)C)cc(C(C)(C)C)c8)cc8c9c%10ccccc%10sc9n(c78)c65)n3c24)cc(C(C)(C)C)c1. The zero-order valence-electron chi connectivity index (χ0n) is 59.3. The van der Waals surface area contributed by atoms with Crippen LogP contribution in [-0.2, 0) is 32.5 Å². The van der Waals surface area contributed by atoms with E-state index in [0.717, 1.165) is 5.69 Å². The molecule has 6 aromatic heterocycles. The third-order valence-corrected chi connectivity index (χ3v) is 22.7. The Balaban J connectivity index is 1.07. The Morgan fingerprint density at radius 2 is 0.646 bits per heavy atom. The van der Waals surface area contributed by atoms with Gasteiger partial charge in [0, 0.05) is 75.2 Å². The van der Waals surface area contributed by atoms with Crippen molar-refractivity contribution < 1.29 is 0 Å². The zero-order valence-corrected chi connectivity index (χ0v) is 60.1. The Bertz CT molecular complexity index is 6010. The van der Waals surface area contributed by atoms with Crippen LogP contribution in [0, 0.1) is 0 Å². The first-order valence-corrected chi connectivity index (χ1v) is 35.6. The largest absolute Gasteiger partial charge is 0.309 e. The molecule has 0 bridgehead atoms. The molecule has 476 valence electrons. The molecule has 0 saturated carbocycles. The van der Waals surface area contributed by atoms with Crippen molar-refractivity contribution in [3.05, 3.63) is 234 Å². The van der Waals surface area contributed by atoms with Gasteiger partial charge in [0.05, 0.1) is 38.6 Å². The molecule has 0 aliphatic heterocycles. The van der Waals surface area contributed by atoms with Crippen LogP contribution >= 0.6 is 11.3 Å². The Labute approximate surface area is 569 Å². The van der Waals surface area contributed by atoms with Crippen LogP contribution in [0.4, 0.5) is 0 Å². The Morgan fingerprint density at radius 1 is 0.250 bits per heavy atom. The summed E-state index contributed by atoms with van der Waals surface area (Å²) in [5.41, 5.74) is 27.5. The van der Waals surface area contributed by atoms with E-state index in [9.17, 15) is 0 Å². The molecule has 96 heavy (non-hydrogen) atoms. The number of para-hydroxylation sites is 2. The smallest absolute Gasteiger partial charge is 0.109 e. The van der Waals surface area contributed by atoms with Gasteiger partial charge in [-0.05, 0) is 184 Å². The maximum atomic E-state index is 2.71. The monoisotopic (exact) mass is 1270 g/mol. The second kappa shape index (κ2) is 20.2. The van der Waals surface area contributed by atoms with Crippen molar-refractivity contribution in [3.8, 4) is 50.2 Å². The topological polar surface area (TPSA) is 13.8 Å². The quantitative estimate of drug-likeness (QED) is 0.163. The summed E-state index contributed by atoms with van der Waals surface area (Å²) < 4.78 is 9.18. The third kappa shape index (κ3) is 9.17. The lowest BCUT2D eigenvalue weighted by Crippen LogP contribution is -2.16. The predicted octanol–water partition coefficient (Wildman–Crippen LogP) is 26.8. The van der Waals surface area contributed by atoms with Crippen molar-refractivity contribution in [1.82, 2.24) is 13.4 Å². The van der Waals surface area contributed by atoms with Crippen LogP contribution in [0.25, 0.3) is 158 Å². The maximum absolute atomic E-state index is 2.71. The molecule has 4 heteroatoms. The number of rotatable bonds is 5. The van der Waals surface area contributed by atoms with E-state index in [1.165, 1.54) is 185 Å². The van der Waals surface area contributed by atoms with Crippen molar-refractivity contribution in [3.63, 3.8) is 0 Å². The fourth-order valence-corrected chi connectivity index (χ4v) is 17.2. The van der Waals surface area contributed by atoms with Gasteiger partial charge in [0.15, 0.2) is 0 Å². The second-order valence-corrected chi connectivity index (χ2v) is 35.4. The average molecular weight is 1270 g/mol. The van der Waals surface area contributed by atoms with Gasteiger partial charge in [-0.25, -0.2) is 0 Å². The minimum absolute atomic E-state index is 0.0305. The Morgan fingerprint density at radius 3 is 1.18 bits per heavy atom. The maximum Gasteiger partial charge on any atom is 0.109 e. The predicted molar refractivity (Wildman–Crippen MR) is 419 cm³/mol. The lowest BCUT2D eigenvalue weighted by atomic mass is 9.78. The van der Waals surface area contributed by atoms with E-state index < -0.39 is 0 Å². The number of hydrogen-bond acceptors (Lipinski definition) is 1. The number of aromatic nitrogens is 3. The molecule has 0 spiro atoms. The van der Waals surface area contributed by atoms with E-state index in [1.54, 1.807) is 0 Å². The normalized spacial score (nSPS) is 13.5. The second-order valence-electron chi connectivity index (χ2n) is 34.4. The highest BCUT2D eigenvalue weighted by atomic mass is 32.1. The summed E-state index contributed by atoms with van der Waals surface area (Å²) in [4.78, 5) is 1.30. The first-order chi connectivity index (χ1) is 45.4. The summed E-state index contributed by atoms with van der Waals surface area (Å²) in [7, 11) is 0. The molecule has 6 heterocycles. The average Bonchev–Trinajstić information content (AvgIpc) is 1.50. The molecule has 17 aromatic rings. The number of thiophene rings is 1. The molecule has 0 unspecified atom stereocenters. The molecular weight excluding hydrogens is 1180 g/mol. The molecule has 0 aliphatic carbocycles. The third-order valence-electron chi connectivity index (χ3n) is 21.5. The molecule has 0 aliphatic rings. The van der Waals surface area contributed by atoms with Gasteiger partial charge < -0.3 is 8.97 Å². The molecule has 11 aromatic carbocycles. The van der Waals surface area contributed by atoms with E-state index in [0.29, 0.717) is 0 Å². The minimum atomic E-state index is -0.0748. The van der Waals surface area contributed by atoms with Crippen LogP contribution < -0.4 is 0 Å². The van der Waals surface area contributed by atoms with E-state index in [2.05, 4.69) is 338 Å². The molecule has 0 radical (unpaired) electrons. The molecule has 0 fully saturated rings. The van der Waals surface area contributed by atoms with Gasteiger partial charge >= 0.3 is 0 Å². The van der Waals surface area contributed by atoms with Crippen LogP contribution in [0.15, 0.2) is 200 Å². The van der Waals surface area contributed by atoms with Crippen molar-refractivity contribution in [2.45, 2.75) is 157 Å². The van der Waals surface area contributed by atoms with E-state index >= 15 is 0 Å². The van der Waals surface area contributed by atoms with Crippen LogP contribution in [0.1, 0.15) is 158 Å². The summed E-state index contributed by atoms with van der Waals surface area (Å²) in [6, 6.07) is 79.0. The van der Waals surface area contributed by atoms with Gasteiger partial charge in [-0.1, -0.05) is 246 Å². The Hall–Kier alpha value is -9.22. The molecule has 17 rings (SSSR count). The van der Waals surface area contributed by atoms with Gasteiger partial charge in [0.25, 0.3) is 0 Å². The number of hydrogen-bond donors (Lipinski definition) is 0. The molecule has 0 N–H and O–H groups in total. The summed E-state index contributed by atoms with van der Waals surface area (Å²) in [6.07, 6.45) is 0. The van der Waals surface area contributed by atoms with Gasteiger partial charge in [0.1, 0.15) is 4.83 Å². The molecule has 0 atom stereocenters. The first kappa shape index (κ1) is 60.4.